The normalized spacial score (nSPS) is 15.6. The van der Waals surface area contributed by atoms with Crippen molar-refractivity contribution in [3.05, 3.63) is 59.3 Å². The fraction of sp³-hybridized carbons (Fsp3) is 0.458. The Bertz CT molecular complexity index is 824. The molecule has 0 aliphatic heterocycles. The summed E-state index contributed by atoms with van der Waals surface area (Å²) in [5.74, 6) is 0.576. The Hall–Kier alpha value is -2.69. The Morgan fingerprint density at radius 1 is 1.03 bits per heavy atom. The highest BCUT2D eigenvalue weighted by molar-refractivity contribution is 5.93. The van der Waals surface area contributed by atoms with Crippen molar-refractivity contribution >= 4 is 17.6 Å². The van der Waals surface area contributed by atoms with Crippen molar-refractivity contribution in [2.75, 3.05) is 4.90 Å². The zero-order valence-electron chi connectivity index (χ0n) is 17.6. The van der Waals surface area contributed by atoms with Crippen LogP contribution in [0.1, 0.15) is 68.2 Å². The highest BCUT2D eigenvalue weighted by atomic mass is 16.2. The van der Waals surface area contributed by atoms with E-state index in [2.05, 4.69) is 10.3 Å². The number of hydrogen-bond donors (Lipinski definition) is 1. The molecule has 0 saturated heterocycles. The van der Waals surface area contributed by atoms with Gasteiger partial charge < -0.3 is 5.32 Å². The minimum atomic E-state index is -0.350. The average Bonchev–Trinajstić information content (AvgIpc) is 2.70. The van der Waals surface area contributed by atoms with Gasteiger partial charge in [-0.05, 0) is 43.9 Å². The summed E-state index contributed by atoms with van der Waals surface area (Å²) in [5.41, 5.74) is 3.16. The van der Waals surface area contributed by atoms with Gasteiger partial charge in [0.1, 0.15) is 5.82 Å². The van der Waals surface area contributed by atoms with Crippen LogP contribution in [0.3, 0.4) is 0 Å². The third-order valence-electron chi connectivity index (χ3n) is 5.59. The van der Waals surface area contributed by atoms with Crippen LogP contribution in [0.2, 0.25) is 0 Å². The number of hydrogen-bond acceptors (Lipinski definition) is 3. The maximum Gasteiger partial charge on any atom is 0.230 e. The monoisotopic (exact) mass is 393 g/mol. The van der Waals surface area contributed by atoms with Crippen molar-refractivity contribution in [3.8, 4) is 0 Å². The summed E-state index contributed by atoms with van der Waals surface area (Å²) in [4.78, 5) is 31.7. The number of rotatable bonds is 6. The largest absolute Gasteiger partial charge is 0.349 e. The van der Waals surface area contributed by atoms with E-state index in [1.54, 1.807) is 0 Å². The second-order valence-electron chi connectivity index (χ2n) is 8.12. The molecule has 1 aliphatic rings. The number of carbonyl (C=O) groups excluding carboxylic acids is 2. The number of aromatic nitrogens is 1. The summed E-state index contributed by atoms with van der Waals surface area (Å²) in [7, 11) is 0. The highest BCUT2D eigenvalue weighted by Crippen LogP contribution is 2.29. The molecule has 1 saturated carbocycles. The molecule has 1 aromatic heterocycles. The van der Waals surface area contributed by atoms with Crippen molar-refractivity contribution in [2.24, 2.45) is 0 Å². The van der Waals surface area contributed by atoms with Gasteiger partial charge in [0, 0.05) is 19.2 Å². The first-order valence-electron chi connectivity index (χ1n) is 10.5. The van der Waals surface area contributed by atoms with Crippen molar-refractivity contribution in [3.63, 3.8) is 0 Å². The van der Waals surface area contributed by atoms with Crippen LogP contribution >= 0.6 is 0 Å². The topological polar surface area (TPSA) is 62.3 Å². The van der Waals surface area contributed by atoms with Crippen LogP contribution in [0.5, 0.6) is 0 Å². The zero-order chi connectivity index (χ0) is 20.8. The van der Waals surface area contributed by atoms with Gasteiger partial charge in [-0.15, -0.1) is 0 Å². The van der Waals surface area contributed by atoms with E-state index in [-0.39, 0.29) is 30.3 Å². The van der Waals surface area contributed by atoms with E-state index in [0.717, 1.165) is 42.4 Å². The molecule has 0 bridgehead atoms. The van der Waals surface area contributed by atoms with Gasteiger partial charge in [-0.25, -0.2) is 4.98 Å². The van der Waals surface area contributed by atoms with Gasteiger partial charge in [-0.2, -0.15) is 0 Å². The molecule has 154 valence electrons. The van der Waals surface area contributed by atoms with Crippen LogP contribution in [0, 0.1) is 13.8 Å². The Kier molecular flexibility index (Phi) is 7.02. The second kappa shape index (κ2) is 9.68. The van der Waals surface area contributed by atoms with E-state index < -0.39 is 0 Å². The third-order valence-corrected chi connectivity index (χ3v) is 5.59. The standard InChI is InChI=1S/C24H31N3O2/c1-17-9-12-20(13-10-17)22(26-19(3)28)15-24(29)27(21-7-5-4-6-8-21)23-14-11-18(2)16-25-23/h9-14,16,21-22H,4-8,15H2,1-3H3,(H,26,28). The minimum absolute atomic E-state index is 0.00702. The smallest absolute Gasteiger partial charge is 0.230 e. The maximum atomic E-state index is 13.5. The number of anilines is 1. The molecule has 1 N–H and O–H groups in total. The molecule has 1 atom stereocenters. The maximum absolute atomic E-state index is 13.5. The molecule has 0 radical (unpaired) electrons. The molecule has 1 aromatic carbocycles. The first-order chi connectivity index (χ1) is 13.9. The molecule has 5 nitrogen and oxygen atoms in total. The van der Waals surface area contributed by atoms with Gasteiger partial charge >= 0.3 is 0 Å². The number of amides is 2. The quantitative estimate of drug-likeness (QED) is 0.778. The molecule has 2 amide bonds. The van der Waals surface area contributed by atoms with Crippen LogP contribution in [0.4, 0.5) is 5.82 Å². The van der Waals surface area contributed by atoms with Gasteiger partial charge in [0.2, 0.25) is 11.8 Å². The number of benzene rings is 1. The highest BCUT2D eigenvalue weighted by Gasteiger charge is 2.30. The fourth-order valence-corrected chi connectivity index (χ4v) is 4.03. The summed E-state index contributed by atoms with van der Waals surface area (Å²) < 4.78 is 0. The lowest BCUT2D eigenvalue weighted by Gasteiger charge is -2.34. The zero-order valence-corrected chi connectivity index (χ0v) is 17.6. The van der Waals surface area contributed by atoms with E-state index in [1.165, 1.54) is 13.3 Å². The lowest BCUT2D eigenvalue weighted by molar-refractivity contribution is -0.121. The van der Waals surface area contributed by atoms with Gasteiger partial charge in [0.15, 0.2) is 0 Å². The number of carbonyl (C=O) groups is 2. The van der Waals surface area contributed by atoms with E-state index in [4.69, 9.17) is 0 Å². The first kappa shape index (κ1) is 21.0. The molecule has 1 fully saturated rings. The Morgan fingerprint density at radius 3 is 2.28 bits per heavy atom. The molecule has 1 aliphatic carbocycles. The van der Waals surface area contributed by atoms with E-state index in [9.17, 15) is 9.59 Å². The summed E-state index contributed by atoms with van der Waals surface area (Å²) in [5, 5.41) is 2.96. The third kappa shape index (κ3) is 5.66. The van der Waals surface area contributed by atoms with Crippen LogP contribution in [0.25, 0.3) is 0 Å². The summed E-state index contributed by atoms with van der Waals surface area (Å²) in [6.07, 6.45) is 7.50. The van der Waals surface area contributed by atoms with E-state index in [1.807, 2.05) is 61.3 Å². The molecule has 0 spiro atoms. The molecule has 2 aromatic rings. The van der Waals surface area contributed by atoms with Gasteiger partial charge in [-0.1, -0.05) is 55.2 Å². The molecule has 1 unspecified atom stereocenters. The Balaban J connectivity index is 1.87. The van der Waals surface area contributed by atoms with Crippen molar-refractivity contribution in [1.82, 2.24) is 10.3 Å². The summed E-state index contributed by atoms with van der Waals surface area (Å²) in [6, 6.07) is 11.7. The lowest BCUT2D eigenvalue weighted by atomic mass is 9.93. The van der Waals surface area contributed by atoms with Crippen LogP contribution in [-0.2, 0) is 9.59 Å². The van der Waals surface area contributed by atoms with Crippen molar-refractivity contribution in [2.45, 2.75) is 71.4 Å². The van der Waals surface area contributed by atoms with Crippen molar-refractivity contribution < 1.29 is 9.59 Å². The van der Waals surface area contributed by atoms with Gasteiger partial charge in [-0.3, -0.25) is 14.5 Å². The molecule has 3 rings (SSSR count). The molecule has 5 heteroatoms. The number of nitrogens with zero attached hydrogens (tertiary/aromatic N) is 2. The molecular weight excluding hydrogens is 362 g/mol. The molecule has 29 heavy (non-hydrogen) atoms. The van der Waals surface area contributed by atoms with Gasteiger partial charge in [0.05, 0.1) is 12.5 Å². The molecule has 1 heterocycles. The van der Waals surface area contributed by atoms with Gasteiger partial charge in [0.25, 0.3) is 0 Å². The molecular formula is C24H31N3O2. The van der Waals surface area contributed by atoms with E-state index >= 15 is 0 Å². The number of pyridine rings is 1. The van der Waals surface area contributed by atoms with E-state index in [0.29, 0.717) is 5.82 Å². The van der Waals surface area contributed by atoms with Crippen LogP contribution in [0.15, 0.2) is 42.6 Å². The predicted molar refractivity (Wildman–Crippen MR) is 116 cm³/mol. The Labute approximate surface area is 173 Å². The number of aryl methyl sites for hydroxylation is 2. The summed E-state index contributed by atoms with van der Waals surface area (Å²) in [6.45, 7) is 5.51. The second-order valence-corrected chi connectivity index (χ2v) is 8.12. The lowest BCUT2D eigenvalue weighted by Crippen LogP contribution is -2.44. The van der Waals surface area contributed by atoms with Crippen LogP contribution in [-0.4, -0.2) is 22.8 Å². The van der Waals surface area contributed by atoms with Crippen molar-refractivity contribution in [1.29, 1.82) is 0 Å². The van der Waals surface area contributed by atoms with Crippen LogP contribution < -0.4 is 10.2 Å². The minimum Gasteiger partial charge on any atom is -0.349 e. The first-order valence-corrected chi connectivity index (χ1v) is 10.5. The number of nitrogens with one attached hydrogen (secondary N) is 1. The average molecular weight is 394 g/mol. The fourth-order valence-electron chi connectivity index (χ4n) is 4.03. The predicted octanol–water partition coefficient (Wildman–Crippen LogP) is 4.63. The SMILES string of the molecule is CC(=O)NC(CC(=O)N(c1ccc(C)cn1)C1CCCCC1)c1ccc(C)cc1. The summed E-state index contributed by atoms with van der Waals surface area (Å²) >= 11 is 0. The Morgan fingerprint density at radius 2 is 1.69 bits per heavy atom.